The number of likely N-dealkylation sites (tertiary alicyclic amines) is 1. The van der Waals surface area contributed by atoms with Gasteiger partial charge in [0, 0.05) is 25.2 Å². The first-order chi connectivity index (χ1) is 13.0. The van der Waals surface area contributed by atoms with E-state index in [0.29, 0.717) is 31.1 Å². The van der Waals surface area contributed by atoms with Crippen molar-refractivity contribution in [3.8, 4) is 0 Å². The molecule has 1 aromatic rings. The zero-order valence-electron chi connectivity index (χ0n) is 17.2. The highest BCUT2D eigenvalue weighted by molar-refractivity contribution is 7.90. The Bertz CT molecular complexity index is 762. The van der Waals surface area contributed by atoms with Gasteiger partial charge in [0.1, 0.15) is 5.82 Å². The number of nitrogens with zero attached hydrogens (tertiary/aromatic N) is 1. The average molecular weight is 414 g/mol. The minimum atomic E-state index is -3.31. The standard InChI is InChI=1S/C20H32FN3O3S/c1-15-11-17(13-18(21)12-15)19(25)22-14-16-5-8-24(9-6-16)10-7-23-28(26,27)20(2,3)4/h11-13,16,23H,5-10,14H2,1-4H3,(H,22,25). The number of piperidine rings is 1. The first kappa shape index (κ1) is 22.8. The van der Waals surface area contributed by atoms with Crippen molar-refractivity contribution in [2.75, 3.05) is 32.7 Å². The van der Waals surface area contributed by atoms with Crippen molar-refractivity contribution in [3.05, 3.63) is 35.1 Å². The molecule has 0 aliphatic carbocycles. The molecule has 0 bridgehead atoms. The van der Waals surface area contributed by atoms with Crippen molar-refractivity contribution in [1.82, 2.24) is 14.9 Å². The molecule has 1 aliphatic heterocycles. The molecule has 0 spiro atoms. The van der Waals surface area contributed by atoms with Gasteiger partial charge in [0.05, 0.1) is 4.75 Å². The van der Waals surface area contributed by atoms with Gasteiger partial charge in [-0.25, -0.2) is 17.5 Å². The van der Waals surface area contributed by atoms with Gasteiger partial charge in [0.25, 0.3) is 5.91 Å². The maximum Gasteiger partial charge on any atom is 0.251 e. The molecule has 0 atom stereocenters. The van der Waals surface area contributed by atoms with Crippen LogP contribution in [-0.4, -0.2) is 56.7 Å². The fraction of sp³-hybridized carbons (Fsp3) is 0.650. The lowest BCUT2D eigenvalue weighted by Gasteiger charge is -2.32. The van der Waals surface area contributed by atoms with E-state index in [2.05, 4.69) is 14.9 Å². The number of halogens is 1. The van der Waals surface area contributed by atoms with Gasteiger partial charge in [-0.2, -0.15) is 0 Å². The van der Waals surface area contributed by atoms with Crippen LogP contribution in [0.2, 0.25) is 0 Å². The normalized spacial score (nSPS) is 16.9. The monoisotopic (exact) mass is 413 g/mol. The number of rotatable bonds is 7. The Morgan fingerprint density at radius 3 is 2.43 bits per heavy atom. The topological polar surface area (TPSA) is 78.5 Å². The summed E-state index contributed by atoms with van der Waals surface area (Å²) in [6.07, 6.45) is 1.88. The lowest BCUT2D eigenvalue weighted by molar-refractivity contribution is 0.0936. The number of aryl methyl sites for hydroxylation is 1. The Labute approximate surface area is 167 Å². The number of nitrogens with one attached hydrogen (secondary N) is 2. The molecule has 8 heteroatoms. The number of benzene rings is 1. The predicted molar refractivity (Wildman–Crippen MR) is 109 cm³/mol. The van der Waals surface area contributed by atoms with E-state index in [9.17, 15) is 17.6 Å². The second-order valence-corrected chi connectivity index (χ2v) is 11.0. The van der Waals surface area contributed by atoms with E-state index in [0.717, 1.165) is 31.5 Å². The third-order valence-corrected chi connectivity index (χ3v) is 7.29. The number of amides is 1. The summed E-state index contributed by atoms with van der Waals surface area (Å²) < 4.78 is 39.4. The largest absolute Gasteiger partial charge is 0.352 e. The van der Waals surface area contributed by atoms with Gasteiger partial charge < -0.3 is 10.2 Å². The van der Waals surface area contributed by atoms with E-state index >= 15 is 0 Å². The summed E-state index contributed by atoms with van der Waals surface area (Å²) in [5.41, 5.74) is 1.07. The molecule has 6 nitrogen and oxygen atoms in total. The highest BCUT2D eigenvalue weighted by atomic mass is 32.2. The lowest BCUT2D eigenvalue weighted by atomic mass is 9.96. The minimum Gasteiger partial charge on any atom is -0.352 e. The Morgan fingerprint density at radius 1 is 1.21 bits per heavy atom. The molecule has 28 heavy (non-hydrogen) atoms. The second kappa shape index (κ2) is 9.33. The van der Waals surface area contributed by atoms with Gasteiger partial charge in [-0.1, -0.05) is 0 Å². The van der Waals surface area contributed by atoms with Gasteiger partial charge in [-0.05, 0) is 83.3 Å². The summed E-state index contributed by atoms with van der Waals surface area (Å²) >= 11 is 0. The number of hydrogen-bond acceptors (Lipinski definition) is 4. The fourth-order valence-corrected chi connectivity index (χ4v) is 3.97. The summed E-state index contributed by atoms with van der Waals surface area (Å²) in [5.74, 6) is -0.275. The summed E-state index contributed by atoms with van der Waals surface area (Å²) in [5, 5.41) is 2.90. The molecule has 0 unspecified atom stereocenters. The summed E-state index contributed by atoms with van der Waals surface area (Å²) in [4.78, 5) is 14.5. The van der Waals surface area contributed by atoms with Crippen LogP contribution in [-0.2, 0) is 10.0 Å². The van der Waals surface area contributed by atoms with Crippen LogP contribution < -0.4 is 10.0 Å². The van der Waals surface area contributed by atoms with Crippen molar-refractivity contribution in [3.63, 3.8) is 0 Å². The smallest absolute Gasteiger partial charge is 0.251 e. The molecule has 1 amide bonds. The highest BCUT2D eigenvalue weighted by Gasteiger charge is 2.28. The predicted octanol–water partition coefficient (Wildman–Crippen LogP) is 2.29. The Balaban J connectivity index is 1.70. The van der Waals surface area contributed by atoms with Crippen LogP contribution in [0.5, 0.6) is 0 Å². The third-order valence-electron chi connectivity index (χ3n) is 5.09. The van der Waals surface area contributed by atoms with Crippen molar-refractivity contribution in [1.29, 1.82) is 0 Å². The molecule has 1 heterocycles. The minimum absolute atomic E-state index is 0.249. The number of carbonyl (C=O) groups is 1. The molecule has 2 rings (SSSR count). The van der Waals surface area contributed by atoms with Crippen LogP contribution in [0.3, 0.4) is 0 Å². The van der Waals surface area contributed by atoms with E-state index in [4.69, 9.17) is 0 Å². The van der Waals surface area contributed by atoms with Crippen molar-refractivity contribution in [2.24, 2.45) is 5.92 Å². The molecule has 0 saturated carbocycles. The van der Waals surface area contributed by atoms with Crippen molar-refractivity contribution in [2.45, 2.75) is 45.3 Å². The molecule has 1 fully saturated rings. The molecule has 1 aliphatic rings. The van der Waals surface area contributed by atoms with Gasteiger partial charge >= 0.3 is 0 Å². The van der Waals surface area contributed by atoms with Gasteiger partial charge in [-0.3, -0.25) is 4.79 Å². The van der Waals surface area contributed by atoms with Crippen LogP contribution in [0.15, 0.2) is 18.2 Å². The van der Waals surface area contributed by atoms with Crippen LogP contribution in [0.25, 0.3) is 0 Å². The van der Waals surface area contributed by atoms with E-state index in [1.165, 1.54) is 12.1 Å². The number of sulfonamides is 1. The molecule has 158 valence electrons. The first-order valence-corrected chi connectivity index (χ1v) is 11.2. The summed E-state index contributed by atoms with van der Waals surface area (Å²) in [6, 6.07) is 4.33. The lowest BCUT2D eigenvalue weighted by Crippen LogP contribution is -2.45. The van der Waals surface area contributed by atoms with E-state index < -0.39 is 20.6 Å². The zero-order valence-corrected chi connectivity index (χ0v) is 18.0. The summed E-state index contributed by atoms with van der Waals surface area (Å²) in [7, 11) is -3.31. The third kappa shape index (κ3) is 6.53. The molecule has 1 saturated heterocycles. The average Bonchev–Trinajstić information content (AvgIpc) is 2.59. The van der Waals surface area contributed by atoms with Gasteiger partial charge in [0.15, 0.2) is 0 Å². The SMILES string of the molecule is Cc1cc(F)cc(C(=O)NCC2CCN(CCNS(=O)(=O)C(C)(C)C)CC2)c1. The fourth-order valence-electron chi connectivity index (χ4n) is 3.18. The molecule has 1 aromatic carbocycles. The molecule has 2 N–H and O–H groups in total. The van der Waals surface area contributed by atoms with Gasteiger partial charge in [0.2, 0.25) is 10.0 Å². The summed E-state index contributed by atoms with van der Waals surface area (Å²) in [6.45, 7) is 10.2. The van der Waals surface area contributed by atoms with Crippen molar-refractivity contribution < 1.29 is 17.6 Å². The Kier molecular flexibility index (Phi) is 7.59. The molecular formula is C20H32FN3O3S. The molecule has 0 radical (unpaired) electrons. The van der Waals surface area contributed by atoms with Gasteiger partial charge in [-0.15, -0.1) is 0 Å². The first-order valence-electron chi connectivity index (χ1n) is 9.75. The van der Waals surface area contributed by atoms with Crippen LogP contribution in [0.4, 0.5) is 4.39 Å². The van der Waals surface area contributed by atoms with Crippen LogP contribution >= 0.6 is 0 Å². The maximum atomic E-state index is 13.4. The molecule has 0 aromatic heterocycles. The van der Waals surface area contributed by atoms with Crippen molar-refractivity contribution >= 4 is 15.9 Å². The second-order valence-electron chi connectivity index (χ2n) is 8.52. The number of carbonyl (C=O) groups excluding carboxylic acids is 1. The van der Waals surface area contributed by atoms with Crippen LogP contribution in [0.1, 0.15) is 49.5 Å². The highest BCUT2D eigenvalue weighted by Crippen LogP contribution is 2.17. The van der Waals surface area contributed by atoms with E-state index in [1.54, 1.807) is 33.8 Å². The quantitative estimate of drug-likeness (QED) is 0.719. The van der Waals surface area contributed by atoms with E-state index in [1.807, 2.05) is 0 Å². The number of hydrogen-bond donors (Lipinski definition) is 2. The van der Waals surface area contributed by atoms with Crippen LogP contribution in [0, 0.1) is 18.7 Å². The Hall–Kier alpha value is -1.51. The van der Waals surface area contributed by atoms with E-state index in [-0.39, 0.29) is 5.91 Å². The zero-order chi connectivity index (χ0) is 20.9. The maximum absolute atomic E-state index is 13.4. The Morgan fingerprint density at radius 2 is 1.86 bits per heavy atom. The molecular weight excluding hydrogens is 381 g/mol.